The van der Waals surface area contributed by atoms with Crippen LogP contribution in [-0.4, -0.2) is 51.6 Å². The highest BCUT2D eigenvalue weighted by molar-refractivity contribution is 5.68. The number of hydrogen-bond acceptors (Lipinski definition) is 5. The fourth-order valence-corrected chi connectivity index (χ4v) is 3.42. The molecule has 2 aliphatic rings. The Balaban J connectivity index is 1.74. The van der Waals surface area contributed by atoms with E-state index in [9.17, 15) is 4.79 Å². The van der Waals surface area contributed by atoms with Crippen LogP contribution in [-0.2, 0) is 4.79 Å². The van der Waals surface area contributed by atoms with Gasteiger partial charge in [-0.1, -0.05) is 11.6 Å². The van der Waals surface area contributed by atoms with Crippen LogP contribution in [0.4, 0.5) is 0 Å². The summed E-state index contributed by atoms with van der Waals surface area (Å²) < 4.78 is 16.2. The van der Waals surface area contributed by atoms with E-state index in [1.807, 2.05) is 12.1 Å². The van der Waals surface area contributed by atoms with Gasteiger partial charge in [-0.25, -0.2) is 0 Å². The lowest BCUT2D eigenvalue weighted by atomic mass is 9.98. The third-order valence-corrected chi connectivity index (χ3v) is 4.98. The minimum absolute atomic E-state index is 0.248. The number of carbonyl (C=O) groups is 1. The Hall–Kier alpha value is -2.01. The molecule has 24 heavy (non-hydrogen) atoms. The van der Waals surface area contributed by atoms with Crippen LogP contribution in [0.3, 0.4) is 0 Å². The maximum atomic E-state index is 10.9. The highest BCUT2D eigenvalue weighted by Gasteiger charge is 2.37. The van der Waals surface area contributed by atoms with E-state index in [1.165, 1.54) is 5.57 Å². The largest absolute Gasteiger partial charge is 0.496 e. The zero-order valence-electron chi connectivity index (χ0n) is 14.6. The first-order chi connectivity index (χ1) is 11.7. The predicted molar refractivity (Wildman–Crippen MR) is 92.8 cm³/mol. The maximum Gasteiger partial charge on any atom is 0.164 e. The summed E-state index contributed by atoms with van der Waals surface area (Å²) >= 11 is 0. The number of benzene rings is 1. The zero-order chi connectivity index (χ0) is 17.1. The molecule has 2 fully saturated rings. The number of likely N-dealkylation sites (tertiary alicyclic amines) is 1. The molecule has 0 bridgehead atoms. The molecule has 1 aromatic rings. The Morgan fingerprint density at radius 3 is 2.21 bits per heavy atom. The van der Waals surface area contributed by atoms with Gasteiger partial charge in [0.25, 0.3) is 0 Å². The molecule has 5 heteroatoms. The maximum absolute atomic E-state index is 10.9. The Labute approximate surface area is 143 Å². The van der Waals surface area contributed by atoms with Crippen molar-refractivity contribution in [2.75, 3.05) is 34.4 Å². The van der Waals surface area contributed by atoms with Crippen molar-refractivity contribution in [1.82, 2.24) is 4.90 Å². The van der Waals surface area contributed by atoms with Crippen LogP contribution in [0.25, 0.3) is 6.08 Å². The normalized spacial score (nSPS) is 23.1. The van der Waals surface area contributed by atoms with Gasteiger partial charge in [-0.2, -0.15) is 0 Å². The van der Waals surface area contributed by atoms with Gasteiger partial charge >= 0.3 is 0 Å². The minimum Gasteiger partial charge on any atom is -0.496 e. The lowest BCUT2D eigenvalue weighted by molar-refractivity contribution is -0.112. The number of piperidine rings is 1. The fourth-order valence-electron chi connectivity index (χ4n) is 3.42. The summed E-state index contributed by atoms with van der Waals surface area (Å²) in [6.07, 6.45) is 6.34. The van der Waals surface area contributed by atoms with Crippen LogP contribution in [0.1, 0.15) is 24.8 Å². The molecule has 3 rings (SSSR count). The first-order valence-corrected chi connectivity index (χ1v) is 8.40. The highest BCUT2D eigenvalue weighted by atomic mass is 16.5. The van der Waals surface area contributed by atoms with Gasteiger partial charge in [0.05, 0.1) is 21.3 Å². The zero-order valence-corrected chi connectivity index (χ0v) is 14.6. The van der Waals surface area contributed by atoms with Crippen LogP contribution in [0.2, 0.25) is 0 Å². The van der Waals surface area contributed by atoms with Crippen LogP contribution in [0.15, 0.2) is 17.7 Å². The number of nitrogens with zero attached hydrogens (tertiary/aromatic N) is 1. The van der Waals surface area contributed by atoms with E-state index in [0.29, 0.717) is 17.5 Å². The van der Waals surface area contributed by atoms with E-state index in [2.05, 4.69) is 11.0 Å². The molecule has 1 atom stereocenters. The smallest absolute Gasteiger partial charge is 0.164 e. The topological polar surface area (TPSA) is 48.0 Å². The van der Waals surface area contributed by atoms with Crippen molar-refractivity contribution in [1.29, 1.82) is 0 Å². The molecule has 0 spiro atoms. The number of carbonyl (C=O) groups excluding carboxylic acids is 1. The molecular formula is C19H25NO4. The summed E-state index contributed by atoms with van der Waals surface area (Å²) in [6, 6.07) is 4.33. The molecule has 0 amide bonds. The van der Waals surface area contributed by atoms with Gasteiger partial charge in [-0.05, 0) is 38.4 Å². The van der Waals surface area contributed by atoms with Crippen molar-refractivity contribution in [3.05, 3.63) is 23.3 Å². The molecule has 1 heterocycles. The third-order valence-electron chi connectivity index (χ3n) is 4.98. The standard InChI is InChI=1S/C19H25NO4/c1-22-17-11-19(24-3)18(23-2)10-15(17)8-14-9-16(14)20-6-4-13(12-21)5-7-20/h8,10-13,16H,4-7,9H2,1-3H3. The average molecular weight is 331 g/mol. The van der Waals surface area contributed by atoms with Gasteiger partial charge in [0, 0.05) is 23.6 Å². The Morgan fingerprint density at radius 2 is 1.62 bits per heavy atom. The molecule has 1 aliphatic heterocycles. The molecule has 130 valence electrons. The molecule has 5 nitrogen and oxygen atoms in total. The van der Waals surface area contributed by atoms with E-state index >= 15 is 0 Å². The van der Waals surface area contributed by atoms with E-state index in [4.69, 9.17) is 14.2 Å². The van der Waals surface area contributed by atoms with Gasteiger partial charge in [-0.3, -0.25) is 4.90 Å². The molecule has 1 aromatic carbocycles. The first kappa shape index (κ1) is 16.8. The fraction of sp³-hybridized carbons (Fsp3) is 0.526. The third kappa shape index (κ3) is 3.41. The Kier molecular flexibility index (Phi) is 5.09. The van der Waals surface area contributed by atoms with Crippen LogP contribution in [0, 0.1) is 5.92 Å². The van der Waals surface area contributed by atoms with Crippen molar-refractivity contribution in [2.45, 2.75) is 25.3 Å². The second-order valence-corrected chi connectivity index (χ2v) is 6.40. The average Bonchev–Trinajstić information content (AvgIpc) is 3.40. The quantitative estimate of drug-likeness (QED) is 0.750. The van der Waals surface area contributed by atoms with Crippen LogP contribution >= 0.6 is 0 Å². The molecule has 1 aliphatic carbocycles. The second kappa shape index (κ2) is 7.26. The van der Waals surface area contributed by atoms with E-state index in [1.54, 1.807) is 21.3 Å². The molecule has 1 unspecified atom stereocenters. The number of aldehydes is 1. The van der Waals surface area contributed by atoms with Gasteiger partial charge in [-0.15, -0.1) is 0 Å². The minimum atomic E-state index is 0.248. The number of ether oxygens (including phenoxy) is 3. The summed E-state index contributed by atoms with van der Waals surface area (Å²) in [4.78, 5) is 13.4. The molecule has 1 saturated heterocycles. The van der Waals surface area contributed by atoms with E-state index < -0.39 is 0 Å². The molecule has 0 aromatic heterocycles. The van der Waals surface area contributed by atoms with Crippen molar-refractivity contribution in [3.8, 4) is 17.2 Å². The highest BCUT2D eigenvalue weighted by Crippen LogP contribution is 2.42. The summed E-state index contributed by atoms with van der Waals surface area (Å²) in [5.41, 5.74) is 2.42. The molecular weight excluding hydrogens is 306 g/mol. The predicted octanol–water partition coefficient (Wildman–Crippen LogP) is 2.78. The molecule has 0 radical (unpaired) electrons. The molecule has 1 saturated carbocycles. The van der Waals surface area contributed by atoms with Gasteiger partial charge in [0.2, 0.25) is 0 Å². The van der Waals surface area contributed by atoms with Crippen molar-refractivity contribution < 1.29 is 19.0 Å². The van der Waals surface area contributed by atoms with Gasteiger partial charge in [0.15, 0.2) is 11.5 Å². The summed E-state index contributed by atoms with van der Waals surface area (Å²) in [5, 5.41) is 0. The lowest BCUT2D eigenvalue weighted by Crippen LogP contribution is -2.35. The van der Waals surface area contributed by atoms with Crippen LogP contribution in [0.5, 0.6) is 17.2 Å². The molecule has 0 N–H and O–H groups in total. The Bertz CT molecular complexity index is 632. The lowest BCUT2D eigenvalue weighted by Gasteiger charge is -2.29. The van der Waals surface area contributed by atoms with E-state index in [0.717, 1.165) is 50.0 Å². The van der Waals surface area contributed by atoms with Crippen molar-refractivity contribution in [3.63, 3.8) is 0 Å². The Morgan fingerprint density at radius 1 is 1.00 bits per heavy atom. The van der Waals surface area contributed by atoms with E-state index in [-0.39, 0.29) is 5.92 Å². The van der Waals surface area contributed by atoms with Crippen LogP contribution < -0.4 is 14.2 Å². The van der Waals surface area contributed by atoms with Crippen molar-refractivity contribution >= 4 is 12.4 Å². The second-order valence-electron chi connectivity index (χ2n) is 6.40. The number of rotatable bonds is 6. The number of hydrogen-bond donors (Lipinski definition) is 0. The number of methoxy groups -OCH3 is 3. The first-order valence-electron chi connectivity index (χ1n) is 8.40. The summed E-state index contributed by atoms with van der Waals surface area (Å²) in [7, 11) is 4.92. The summed E-state index contributed by atoms with van der Waals surface area (Å²) in [5.74, 6) is 2.40. The summed E-state index contributed by atoms with van der Waals surface area (Å²) in [6.45, 7) is 2.02. The van der Waals surface area contributed by atoms with Crippen molar-refractivity contribution in [2.24, 2.45) is 5.92 Å². The SMILES string of the molecule is COc1cc(OC)c(OC)cc1C=C1CC1N1CCC(C=O)CC1. The monoisotopic (exact) mass is 331 g/mol. The van der Waals surface area contributed by atoms with Gasteiger partial charge < -0.3 is 19.0 Å². The van der Waals surface area contributed by atoms with Gasteiger partial charge in [0.1, 0.15) is 12.0 Å².